The molecule has 0 bridgehead atoms. The second kappa shape index (κ2) is 10.6. The number of carbonyl (C=O) groups excluding carboxylic acids is 2. The van der Waals surface area contributed by atoms with Gasteiger partial charge in [-0.1, -0.05) is 30.3 Å². The lowest BCUT2D eigenvalue weighted by Gasteiger charge is -2.34. The standard InChI is InChI=1S/C26H31N7O4S/c1-31-11-13-32(14-12-31)19-7-8-20(21(15-19)24(27)34)26(35)28-25-22-16-33(10-9-23(22)29-30-25)38(36,37)17-18-5-3-2-4-6-18/h2-8,15H,9-14,16-17H2,1H3,(H2,27,34)(H2,28,29,30,35). The van der Waals surface area contributed by atoms with Crippen LogP contribution in [0.2, 0.25) is 0 Å². The summed E-state index contributed by atoms with van der Waals surface area (Å²) in [6.07, 6.45) is 0.443. The number of aromatic amines is 1. The Morgan fingerprint density at radius 2 is 1.76 bits per heavy atom. The first kappa shape index (κ1) is 25.9. The summed E-state index contributed by atoms with van der Waals surface area (Å²) in [6, 6.07) is 14.1. The van der Waals surface area contributed by atoms with Crippen molar-refractivity contribution in [3.05, 3.63) is 76.5 Å². The van der Waals surface area contributed by atoms with Crippen LogP contribution in [0.5, 0.6) is 0 Å². The number of benzene rings is 2. The van der Waals surface area contributed by atoms with E-state index >= 15 is 0 Å². The summed E-state index contributed by atoms with van der Waals surface area (Å²) in [4.78, 5) is 29.9. The molecule has 2 aromatic carbocycles. The third kappa shape index (κ3) is 5.42. The minimum absolute atomic E-state index is 0.0850. The van der Waals surface area contributed by atoms with E-state index in [-0.39, 0.29) is 29.2 Å². The van der Waals surface area contributed by atoms with E-state index in [4.69, 9.17) is 5.73 Å². The van der Waals surface area contributed by atoms with Crippen molar-refractivity contribution in [3.8, 4) is 0 Å². The van der Waals surface area contributed by atoms with Gasteiger partial charge < -0.3 is 20.9 Å². The van der Waals surface area contributed by atoms with E-state index in [0.717, 1.165) is 37.6 Å². The Hall–Kier alpha value is -3.74. The van der Waals surface area contributed by atoms with Gasteiger partial charge in [-0.2, -0.15) is 9.40 Å². The van der Waals surface area contributed by atoms with Gasteiger partial charge in [0.05, 0.1) is 16.9 Å². The van der Waals surface area contributed by atoms with Crippen molar-refractivity contribution >= 4 is 33.3 Å². The number of fused-ring (bicyclic) bond motifs is 1. The van der Waals surface area contributed by atoms with Gasteiger partial charge in [-0.3, -0.25) is 14.7 Å². The van der Waals surface area contributed by atoms with Crippen LogP contribution in [0.25, 0.3) is 0 Å². The molecule has 1 aromatic heterocycles. The molecule has 1 saturated heterocycles. The molecule has 11 nitrogen and oxygen atoms in total. The van der Waals surface area contributed by atoms with Crippen molar-refractivity contribution in [3.63, 3.8) is 0 Å². The molecule has 3 heterocycles. The van der Waals surface area contributed by atoms with Crippen LogP contribution >= 0.6 is 0 Å². The minimum Gasteiger partial charge on any atom is -0.369 e. The SMILES string of the molecule is CN1CCN(c2ccc(C(=O)Nc3n[nH]c4c3CN(S(=O)(=O)Cc3ccccc3)CC4)c(C(N)=O)c2)CC1. The number of aromatic nitrogens is 2. The van der Waals surface area contributed by atoms with Crippen LogP contribution in [0.15, 0.2) is 48.5 Å². The lowest BCUT2D eigenvalue weighted by atomic mass is 10.0. The normalized spacial score (nSPS) is 16.7. The number of likely N-dealkylation sites (N-methyl/N-ethyl adjacent to an activating group) is 1. The zero-order chi connectivity index (χ0) is 26.9. The van der Waals surface area contributed by atoms with Crippen molar-refractivity contribution in [1.29, 1.82) is 0 Å². The number of hydrogen-bond donors (Lipinski definition) is 3. The number of nitrogens with zero attached hydrogens (tertiary/aromatic N) is 4. The Labute approximate surface area is 221 Å². The summed E-state index contributed by atoms with van der Waals surface area (Å²) in [7, 11) is -1.52. The Bertz CT molecular complexity index is 1450. The Morgan fingerprint density at radius 1 is 1.03 bits per heavy atom. The average Bonchev–Trinajstić information content (AvgIpc) is 3.31. The van der Waals surface area contributed by atoms with Crippen molar-refractivity contribution < 1.29 is 18.0 Å². The second-order valence-corrected chi connectivity index (χ2v) is 11.7. The largest absolute Gasteiger partial charge is 0.369 e. The molecule has 0 atom stereocenters. The van der Waals surface area contributed by atoms with Gasteiger partial charge in [0, 0.05) is 62.6 Å². The van der Waals surface area contributed by atoms with Crippen LogP contribution in [0.4, 0.5) is 11.5 Å². The highest BCUT2D eigenvalue weighted by Gasteiger charge is 2.31. The molecular formula is C26H31N7O4S. The molecule has 0 radical (unpaired) electrons. The summed E-state index contributed by atoms with van der Waals surface area (Å²) in [5, 5.41) is 9.90. The Morgan fingerprint density at radius 3 is 2.47 bits per heavy atom. The Balaban J connectivity index is 1.33. The highest BCUT2D eigenvalue weighted by Crippen LogP contribution is 2.28. The maximum absolute atomic E-state index is 13.2. The minimum atomic E-state index is -3.58. The molecular weight excluding hydrogens is 506 g/mol. The molecule has 200 valence electrons. The predicted molar refractivity (Wildman–Crippen MR) is 144 cm³/mol. The van der Waals surface area contributed by atoms with Gasteiger partial charge in [-0.15, -0.1) is 0 Å². The van der Waals surface area contributed by atoms with Gasteiger partial charge >= 0.3 is 0 Å². The van der Waals surface area contributed by atoms with Crippen LogP contribution in [-0.2, 0) is 28.7 Å². The molecule has 2 amide bonds. The molecule has 2 aliphatic heterocycles. The molecule has 0 unspecified atom stereocenters. The van der Waals surface area contributed by atoms with E-state index in [1.807, 2.05) is 12.1 Å². The molecule has 4 N–H and O–H groups in total. The summed E-state index contributed by atoms with van der Waals surface area (Å²) < 4.78 is 27.6. The first-order valence-corrected chi connectivity index (χ1v) is 14.1. The number of amides is 2. The van der Waals surface area contributed by atoms with E-state index < -0.39 is 21.8 Å². The van der Waals surface area contributed by atoms with E-state index in [2.05, 4.69) is 32.4 Å². The fourth-order valence-electron chi connectivity index (χ4n) is 4.86. The third-order valence-corrected chi connectivity index (χ3v) is 8.89. The van der Waals surface area contributed by atoms with Gasteiger partial charge in [0.25, 0.3) is 5.91 Å². The average molecular weight is 538 g/mol. The van der Waals surface area contributed by atoms with Crippen molar-refractivity contribution in [2.45, 2.75) is 18.7 Å². The molecule has 12 heteroatoms. The van der Waals surface area contributed by atoms with Gasteiger partial charge in [0.2, 0.25) is 15.9 Å². The summed E-state index contributed by atoms with van der Waals surface area (Å²) in [5.41, 5.74) is 8.82. The lowest BCUT2D eigenvalue weighted by molar-refractivity contribution is 0.0977. The molecule has 5 rings (SSSR count). The van der Waals surface area contributed by atoms with Crippen molar-refractivity contribution in [1.82, 2.24) is 19.4 Å². The van der Waals surface area contributed by atoms with Crippen LogP contribution in [0.1, 0.15) is 37.5 Å². The van der Waals surface area contributed by atoms with Gasteiger partial charge in [-0.25, -0.2) is 8.42 Å². The molecule has 3 aromatic rings. The van der Waals surface area contributed by atoms with Gasteiger partial charge in [-0.05, 0) is 30.8 Å². The number of hydrogen-bond acceptors (Lipinski definition) is 7. The second-order valence-electron chi connectivity index (χ2n) is 9.69. The zero-order valence-corrected chi connectivity index (χ0v) is 22.0. The zero-order valence-electron chi connectivity index (χ0n) is 21.2. The molecule has 38 heavy (non-hydrogen) atoms. The molecule has 0 aliphatic carbocycles. The number of anilines is 2. The van der Waals surface area contributed by atoms with Crippen LogP contribution in [0.3, 0.4) is 0 Å². The van der Waals surface area contributed by atoms with E-state index in [1.54, 1.807) is 36.4 Å². The maximum Gasteiger partial charge on any atom is 0.257 e. The molecule has 1 fully saturated rings. The number of rotatable bonds is 7. The smallest absolute Gasteiger partial charge is 0.257 e. The quantitative estimate of drug-likeness (QED) is 0.413. The summed E-state index contributed by atoms with van der Waals surface area (Å²) in [6.45, 7) is 3.82. The van der Waals surface area contributed by atoms with Crippen LogP contribution in [-0.4, -0.2) is 79.4 Å². The number of sulfonamides is 1. The van der Waals surface area contributed by atoms with Crippen molar-refractivity contribution in [2.24, 2.45) is 5.73 Å². The molecule has 0 saturated carbocycles. The lowest BCUT2D eigenvalue weighted by Crippen LogP contribution is -2.44. The topological polar surface area (TPSA) is 145 Å². The Kier molecular flexibility index (Phi) is 7.19. The van der Waals surface area contributed by atoms with Crippen LogP contribution in [0, 0.1) is 0 Å². The number of nitrogens with one attached hydrogen (secondary N) is 2. The fraction of sp³-hybridized carbons (Fsp3) is 0.346. The molecule has 0 spiro atoms. The summed E-state index contributed by atoms with van der Waals surface area (Å²) in [5.74, 6) is -1.11. The number of H-pyrrole nitrogens is 1. The monoisotopic (exact) mass is 537 g/mol. The number of piperazine rings is 1. The van der Waals surface area contributed by atoms with E-state index in [9.17, 15) is 18.0 Å². The van der Waals surface area contributed by atoms with Crippen LogP contribution < -0.4 is 16.0 Å². The maximum atomic E-state index is 13.2. The molecule has 2 aliphatic rings. The third-order valence-electron chi connectivity index (χ3n) is 7.10. The summed E-state index contributed by atoms with van der Waals surface area (Å²) >= 11 is 0. The van der Waals surface area contributed by atoms with E-state index in [0.29, 0.717) is 24.1 Å². The highest BCUT2D eigenvalue weighted by molar-refractivity contribution is 7.88. The van der Waals surface area contributed by atoms with E-state index in [1.165, 1.54) is 4.31 Å². The fourth-order valence-corrected chi connectivity index (χ4v) is 6.35. The number of primary amides is 1. The van der Waals surface area contributed by atoms with Crippen molar-refractivity contribution in [2.75, 3.05) is 50.0 Å². The number of carbonyl (C=O) groups is 2. The first-order valence-electron chi connectivity index (χ1n) is 12.5. The highest BCUT2D eigenvalue weighted by atomic mass is 32.2. The number of nitrogens with two attached hydrogens (primary N) is 1. The first-order chi connectivity index (χ1) is 18.2. The predicted octanol–water partition coefficient (Wildman–Crippen LogP) is 1.40. The van der Waals surface area contributed by atoms with Gasteiger partial charge in [0.1, 0.15) is 0 Å². The van der Waals surface area contributed by atoms with Gasteiger partial charge in [0.15, 0.2) is 5.82 Å².